The summed E-state index contributed by atoms with van der Waals surface area (Å²) in [5, 5.41) is 5.51. The monoisotopic (exact) mass is 384 g/mol. The van der Waals surface area contributed by atoms with Gasteiger partial charge < -0.3 is 20.1 Å². The van der Waals surface area contributed by atoms with Gasteiger partial charge in [0, 0.05) is 13.1 Å². The number of carbonyl (C=O) groups excluding carboxylic acids is 2. The lowest BCUT2D eigenvalue weighted by Crippen LogP contribution is -2.29. The second-order valence-corrected chi connectivity index (χ2v) is 6.68. The number of nitrogens with one attached hydrogen (secondary N) is 2. The fraction of sp³-hybridized carbons (Fsp3) is 0.364. The Morgan fingerprint density at radius 2 is 1.32 bits per heavy atom. The predicted molar refractivity (Wildman–Crippen MR) is 108 cm³/mol. The van der Waals surface area contributed by atoms with Crippen molar-refractivity contribution in [3.63, 3.8) is 0 Å². The van der Waals surface area contributed by atoms with Crippen molar-refractivity contribution in [3.05, 3.63) is 71.8 Å². The second kappa shape index (κ2) is 12.4. The van der Waals surface area contributed by atoms with Gasteiger partial charge in [0.1, 0.15) is 13.2 Å². The molecule has 6 nitrogen and oxygen atoms in total. The number of amides is 2. The van der Waals surface area contributed by atoms with E-state index in [9.17, 15) is 9.59 Å². The third-order valence-electron chi connectivity index (χ3n) is 4.16. The van der Waals surface area contributed by atoms with E-state index in [1.165, 1.54) is 0 Å². The number of alkyl carbamates (subject to hydrolysis) is 2. The molecule has 2 aromatic carbocycles. The van der Waals surface area contributed by atoms with Crippen LogP contribution in [0.2, 0.25) is 0 Å². The molecule has 1 unspecified atom stereocenters. The molecule has 0 fully saturated rings. The summed E-state index contributed by atoms with van der Waals surface area (Å²) in [7, 11) is 0. The molecule has 0 saturated carbocycles. The summed E-state index contributed by atoms with van der Waals surface area (Å²) in [4.78, 5) is 23.4. The molecule has 0 aliphatic carbocycles. The lowest BCUT2D eigenvalue weighted by atomic mass is 10.1. The molecule has 2 N–H and O–H groups in total. The number of rotatable bonds is 10. The topological polar surface area (TPSA) is 76.7 Å². The number of hydrogen-bond donors (Lipinski definition) is 2. The maximum atomic E-state index is 11.7. The van der Waals surface area contributed by atoms with E-state index in [1.54, 1.807) is 0 Å². The van der Waals surface area contributed by atoms with Crippen LogP contribution in [0.5, 0.6) is 0 Å². The van der Waals surface area contributed by atoms with Gasteiger partial charge in [-0.25, -0.2) is 9.59 Å². The van der Waals surface area contributed by atoms with Crippen LogP contribution in [-0.2, 0) is 22.7 Å². The van der Waals surface area contributed by atoms with Gasteiger partial charge in [-0.2, -0.15) is 0 Å². The Balaban J connectivity index is 1.48. The molecule has 28 heavy (non-hydrogen) atoms. The van der Waals surface area contributed by atoms with E-state index in [0.717, 1.165) is 24.0 Å². The molecule has 2 rings (SSSR count). The van der Waals surface area contributed by atoms with Gasteiger partial charge in [-0.3, -0.25) is 0 Å². The molecule has 0 bridgehead atoms. The van der Waals surface area contributed by atoms with Crippen LogP contribution < -0.4 is 10.6 Å². The normalized spacial score (nSPS) is 11.3. The quantitative estimate of drug-likeness (QED) is 0.600. The highest BCUT2D eigenvalue weighted by Crippen LogP contribution is 2.05. The Labute approximate surface area is 166 Å². The Hall–Kier alpha value is -3.02. The summed E-state index contributed by atoms with van der Waals surface area (Å²) in [6.07, 6.45) is 0.845. The summed E-state index contributed by atoms with van der Waals surface area (Å²) in [5.74, 6) is 0.284. The van der Waals surface area contributed by atoms with E-state index in [-0.39, 0.29) is 19.1 Å². The van der Waals surface area contributed by atoms with Gasteiger partial charge in [0.15, 0.2) is 0 Å². The van der Waals surface area contributed by atoms with E-state index in [4.69, 9.17) is 9.47 Å². The van der Waals surface area contributed by atoms with E-state index in [1.807, 2.05) is 67.6 Å². The zero-order valence-electron chi connectivity index (χ0n) is 16.2. The Bertz CT molecular complexity index is 707. The van der Waals surface area contributed by atoms with Gasteiger partial charge in [-0.1, -0.05) is 67.6 Å². The van der Waals surface area contributed by atoms with Crippen molar-refractivity contribution < 1.29 is 19.1 Å². The predicted octanol–water partition coefficient (Wildman–Crippen LogP) is 4.26. The molecular weight excluding hydrogens is 356 g/mol. The average Bonchev–Trinajstić information content (AvgIpc) is 2.74. The molecule has 2 amide bonds. The minimum atomic E-state index is -0.418. The Kier molecular flexibility index (Phi) is 9.41. The van der Waals surface area contributed by atoms with Crippen molar-refractivity contribution in [1.82, 2.24) is 10.6 Å². The van der Waals surface area contributed by atoms with E-state index in [0.29, 0.717) is 13.1 Å². The van der Waals surface area contributed by atoms with Crippen LogP contribution in [0, 0.1) is 5.92 Å². The Morgan fingerprint density at radius 1 is 0.821 bits per heavy atom. The molecule has 0 spiro atoms. The highest BCUT2D eigenvalue weighted by atomic mass is 16.6. The summed E-state index contributed by atoms with van der Waals surface area (Å²) in [6, 6.07) is 19.1. The first-order valence-electron chi connectivity index (χ1n) is 9.52. The fourth-order valence-corrected chi connectivity index (χ4v) is 2.55. The van der Waals surface area contributed by atoms with Gasteiger partial charge in [0.05, 0.1) is 0 Å². The molecule has 6 heteroatoms. The van der Waals surface area contributed by atoms with Crippen molar-refractivity contribution in [3.8, 4) is 0 Å². The zero-order chi connectivity index (χ0) is 20.0. The third kappa shape index (κ3) is 9.07. The number of carbonyl (C=O) groups is 2. The molecular formula is C22H28N2O4. The molecule has 0 aliphatic heterocycles. The van der Waals surface area contributed by atoms with Crippen LogP contribution >= 0.6 is 0 Å². The van der Waals surface area contributed by atoms with Crippen molar-refractivity contribution in [2.45, 2.75) is 33.0 Å². The van der Waals surface area contributed by atoms with Gasteiger partial charge in [0.2, 0.25) is 0 Å². The van der Waals surface area contributed by atoms with Gasteiger partial charge in [-0.15, -0.1) is 0 Å². The van der Waals surface area contributed by atoms with Gasteiger partial charge >= 0.3 is 12.2 Å². The van der Waals surface area contributed by atoms with E-state index < -0.39 is 12.2 Å². The van der Waals surface area contributed by atoms with E-state index in [2.05, 4.69) is 10.6 Å². The number of benzene rings is 2. The summed E-state index contributed by atoms with van der Waals surface area (Å²) in [6.45, 7) is 3.64. The van der Waals surface area contributed by atoms with Gasteiger partial charge in [0.25, 0.3) is 0 Å². The summed E-state index contributed by atoms with van der Waals surface area (Å²) < 4.78 is 10.3. The molecule has 0 heterocycles. The molecule has 2 aromatic rings. The maximum absolute atomic E-state index is 11.7. The highest BCUT2D eigenvalue weighted by molar-refractivity contribution is 5.67. The van der Waals surface area contributed by atoms with Crippen LogP contribution in [0.4, 0.5) is 9.59 Å². The average molecular weight is 384 g/mol. The van der Waals surface area contributed by atoms with Crippen LogP contribution in [0.25, 0.3) is 0 Å². The molecule has 0 aromatic heterocycles. The first kappa shape index (κ1) is 21.3. The van der Waals surface area contributed by atoms with Crippen LogP contribution in [0.3, 0.4) is 0 Å². The van der Waals surface area contributed by atoms with Crippen LogP contribution in [-0.4, -0.2) is 25.3 Å². The Morgan fingerprint density at radius 3 is 1.86 bits per heavy atom. The molecule has 0 aliphatic rings. The second-order valence-electron chi connectivity index (χ2n) is 6.68. The molecule has 0 saturated heterocycles. The SMILES string of the molecule is CC(CCCNC(=O)OCc1ccccc1)CNC(=O)OCc1ccccc1. The van der Waals surface area contributed by atoms with Gasteiger partial charge in [-0.05, 0) is 29.9 Å². The third-order valence-corrected chi connectivity index (χ3v) is 4.16. The zero-order valence-corrected chi connectivity index (χ0v) is 16.2. The molecule has 150 valence electrons. The smallest absolute Gasteiger partial charge is 0.407 e. The summed E-state index contributed by atoms with van der Waals surface area (Å²) >= 11 is 0. The van der Waals surface area contributed by atoms with Crippen molar-refractivity contribution in [2.24, 2.45) is 5.92 Å². The largest absolute Gasteiger partial charge is 0.445 e. The minimum absolute atomic E-state index is 0.260. The van der Waals surface area contributed by atoms with Crippen LogP contribution in [0.15, 0.2) is 60.7 Å². The number of hydrogen-bond acceptors (Lipinski definition) is 4. The molecule has 1 atom stereocenters. The maximum Gasteiger partial charge on any atom is 0.407 e. The first-order valence-corrected chi connectivity index (χ1v) is 9.52. The lowest BCUT2D eigenvalue weighted by molar-refractivity contribution is 0.138. The van der Waals surface area contributed by atoms with Crippen molar-refractivity contribution in [1.29, 1.82) is 0 Å². The minimum Gasteiger partial charge on any atom is -0.445 e. The summed E-state index contributed by atoms with van der Waals surface area (Å²) in [5.41, 5.74) is 1.91. The first-order chi connectivity index (χ1) is 13.6. The highest BCUT2D eigenvalue weighted by Gasteiger charge is 2.08. The van der Waals surface area contributed by atoms with Crippen molar-refractivity contribution in [2.75, 3.05) is 13.1 Å². The number of ether oxygens (including phenoxy) is 2. The lowest BCUT2D eigenvalue weighted by Gasteiger charge is -2.13. The van der Waals surface area contributed by atoms with Crippen molar-refractivity contribution >= 4 is 12.2 Å². The molecule has 0 radical (unpaired) electrons. The van der Waals surface area contributed by atoms with Crippen LogP contribution in [0.1, 0.15) is 30.9 Å². The van der Waals surface area contributed by atoms with E-state index >= 15 is 0 Å². The standard InChI is InChI=1S/C22H28N2O4/c1-18(15-24-22(26)28-17-20-12-6-3-7-13-20)9-8-14-23-21(25)27-16-19-10-4-2-5-11-19/h2-7,10-13,18H,8-9,14-17H2,1H3,(H,23,25)(H,24,26). The fourth-order valence-electron chi connectivity index (χ4n) is 2.55.